The molecule has 170 valence electrons. The van der Waals surface area contributed by atoms with Gasteiger partial charge in [0.15, 0.2) is 0 Å². The summed E-state index contributed by atoms with van der Waals surface area (Å²) in [5.74, 6) is 5.18. The Kier molecular flexibility index (Phi) is 4.01. The van der Waals surface area contributed by atoms with E-state index in [0.29, 0.717) is 0 Å². The molecule has 0 radical (unpaired) electrons. The molecule has 3 saturated carbocycles. The standard InChI is InChI=1S/C30H32S3/c1-5-17-6-2-16(1)22-14-31-29(24(17)22)30-26-19-9-7-18(8-10-19)25(26)28(33-30)23-13-21-15-3-11-20(12-4-15)27(21)32-23/h13-20H,1-12H2. The molecule has 6 bridgehead atoms. The minimum Gasteiger partial charge on any atom is -0.142 e. The highest BCUT2D eigenvalue weighted by atomic mass is 32.1. The van der Waals surface area contributed by atoms with E-state index in [0.717, 1.165) is 35.5 Å². The van der Waals surface area contributed by atoms with Gasteiger partial charge in [-0.15, -0.1) is 34.0 Å². The van der Waals surface area contributed by atoms with Crippen LogP contribution in [0.15, 0.2) is 11.4 Å². The second-order valence-electron chi connectivity index (χ2n) is 12.1. The molecule has 0 N–H and O–H groups in total. The van der Waals surface area contributed by atoms with Crippen LogP contribution in [0.25, 0.3) is 19.5 Å². The first-order valence-corrected chi connectivity index (χ1v) is 16.3. The Labute approximate surface area is 209 Å². The van der Waals surface area contributed by atoms with Crippen molar-refractivity contribution in [2.75, 3.05) is 0 Å². The van der Waals surface area contributed by atoms with Gasteiger partial charge < -0.3 is 0 Å². The minimum absolute atomic E-state index is 0.841. The second kappa shape index (κ2) is 6.86. The van der Waals surface area contributed by atoms with Crippen LogP contribution in [0.2, 0.25) is 0 Å². The van der Waals surface area contributed by atoms with Crippen molar-refractivity contribution in [2.45, 2.75) is 113 Å². The zero-order valence-corrected chi connectivity index (χ0v) is 21.8. The van der Waals surface area contributed by atoms with Gasteiger partial charge in [-0.2, -0.15) is 0 Å². The lowest BCUT2D eigenvalue weighted by molar-refractivity contribution is 0.359. The van der Waals surface area contributed by atoms with Gasteiger partial charge >= 0.3 is 0 Å². The van der Waals surface area contributed by atoms with Crippen LogP contribution in [0.5, 0.6) is 0 Å². The third kappa shape index (κ3) is 2.53. The molecule has 0 spiro atoms. The molecule has 3 aromatic rings. The molecule has 33 heavy (non-hydrogen) atoms. The normalized spacial score (nSPS) is 35.0. The second-order valence-corrected chi connectivity index (χ2v) is 15.1. The highest BCUT2D eigenvalue weighted by Gasteiger charge is 2.43. The summed E-state index contributed by atoms with van der Waals surface area (Å²) in [5.41, 5.74) is 9.05. The van der Waals surface area contributed by atoms with Crippen molar-refractivity contribution in [2.24, 2.45) is 0 Å². The molecule has 3 aromatic heterocycles. The van der Waals surface area contributed by atoms with Crippen LogP contribution in [0.1, 0.15) is 145 Å². The van der Waals surface area contributed by atoms with Crippen LogP contribution >= 0.6 is 34.0 Å². The zero-order chi connectivity index (χ0) is 21.3. The van der Waals surface area contributed by atoms with Gasteiger partial charge in [-0.3, -0.25) is 0 Å². The monoisotopic (exact) mass is 488 g/mol. The topological polar surface area (TPSA) is 0 Å². The fraction of sp³-hybridized carbons (Fsp3) is 0.600. The van der Waals surface area contributed by atoms with E-state index >= 15 is 0 Å². The molecule has 3 heteroatoms. The number of hydrogen-bond acceptors (Lipinski definition) is 3. The van der Waals surface area contributed by atoms with Crippen molar-refractivity contribution in [3.8, 4) is 19.5 Å². The van der Waals surface area contributed by atoms with Crippen LogP contribution in [-0.4, -0.2) is 0 Å². The number of rotatable bonds is 2. The quantitative estimate of drug-likeness (QED) is 0.336. The van der Waals surface area contributed by atoms with Gasteiger partial charge in [0.2, 0.25) is 0 Å². The highest BCUT2D eigenvalue weighted by Crippen LogP contribution is 2.64. The van der Waals surface area contributed by atoms with E-state index in [1.807, 2.05) is 16.7 Å². The van der Waals surface area contributed by atoms with Crippen molar-refractivity contribution in [3.05, 3.63) is 44.1 Å². The van der Waals surface area contributed by atoms with Crippen LogP contribution in [0, 0.1) is 0 Å². The summed E-state index contributed by atoms with van der Waals surface area (Å²) < 4.78 is 0. The molecular formula is C30H32S3. The molecule has 9 aliphatic carbocycles. The molecule has 3 fully saturated rings. The maximum absolute atomic E-state index is 2.69. The van der Waals surface area contributed by atoms with Crippen molar-refractivity contribution < 1.29 is 0 Å². The molecular weight excluding hydrogens is 457 g/mol. The van der Waals surface area contributed by atoms with Gasteiger partial charge in [-0.25, -0.2) is 0 Å². The van der Waals surface area contributed by atoms with Crippen molar-refractivity contribution >= 4 is 34.0 Å². The minimum atomic E-state index is 0.841. The van der Waals surface area contributed by atoms with Gasteiger partial charge in [-0.1, -0.05) is 0 Å². The van der Waals surface area contributed by atoms with Crippen LogP contribution in [0.3, 0.4) is 0 Å². The molecule has 12 rings (SSSR count). The smallest absolute Gasteiger partial charge is 0.0490 e. The third-order valence-electron chi connectivity index (χ3n) is 10.7. The van der Waals surface area contributed by atoms with Crippen LogP contribution in [-0.2, 0) is 0 Å². The predicted molar refractivity (Wildman–Crippen MR) is 143 cm³/mol. The van der Waals surface area contributed by atoms with E-state index in [9.17, 15) is 0 Å². The summed E-state index contributed by atoms with van der Waals surface area (Å²) in [4.78, 5) is 8.63. The number of thiophene rings is 3. The Morgan fingerprint density at radius 2 is 1.03 bits per heavy atom. The number of hydrogen-bond donors (Lipinski definition) is 0. The fourth-order valence-corrected chi connectivity index (χ4v) is 13.5. The Hall–Kier alpha value is -0.900. The maximum atomic E-state index is 2.69. The lowest BCUT2D eigenvalue weighted by atomic mass is 9.65. The average Bonchev–Trinajstić information content (AvgIpc) is 3.62. The third-order valence-corrected chi connectivity index (χ3v) is 14.6. The molecule has 0 aromatic carbocycles. The van der Waals surface area contributed by atoms with Gasteiger partial charge in [0.25, 0.3) is 0 Å². The fourth-order valence-electron chi connectivity index (χ4n) is 9.11. The number of fused-ring (bicyclic) bond motifs is 6. The van der Waals surface area contributed by atoms with E-state index in [4.69, 9.17) is 0 Å². The molecule has 3 heterocycles. The van der Waals surface area contributed by atoms with E-state index < -0.39 is 0 Å². The Morgan fingerprint density at radius 3 is 1.70 bits per heavy atom. The first-order valence-electron chi connectivity index (χ1n) is 13.8. The van der Waals surface area contributed by atoms with Gasteiger partial charge in [-0.05, 0) is 152 Å². The van der Waals surface area contributed by atoms with Gasteiger partial charge in [0.05, 0.1) is 0 Å². The van der Waals surface area contributed by atoms with Crippen molar-refractivity contribution in [1.82, 2.24) is 0 Å². The van der Waals surface area contributed by atoms with E-state index in [2.05, 4.69) is 45.5 Å². The van der Waals surface area contributed by atoms with E-state index in [1.165, 1.54) is 77.0 Å². The van der Waals surface area contributed by atoms with Gasteiger partial charge in [0.1, 0.15) is 0 Å². The average molecular weight is 489 g/mol. The van der Waals surface area contributed by atoms with Crippen LogP contribution in [0.4, 0.5) is 0 Å². The van der Waals surface area contributed by atoms with Crippen molar-refractivity contribution in [1.29, 1.82) is 0 Å². The summed E-state index contributed by atoms with van der Waals surface area (Å²) >= 11 is 6.58. The largest absolute Gasteiger partial charge is 0.142 e. The van der Waals surface area contributed by atoms with Crippen LogP contribution < -0.4 is 0 Å². The Morgan fingerprint density at radius 1 is 0.485 bits per heavy atom. The van der Waals surface area contributed by atoms with Crippen molar-refractivity contribution in [3.63, 3.8) is 0 Å². The molecule has 0 aliphatic heterocycles. The summed E-state index contributed by atoms with van der Waals surface area (Å²) in [6, 6.07) is 2.69. The van der Waals surface area contributed by atoms with Gasteiger partial charge in [0, 0.05) is 24.4 Å². The molecule has 0 amide bonds. The molecule has 0 nitrogen and oxygen atoms in total. The molecule has 0 atom stereocenters. The summed E-state index contributed by atoms with van der Waals surface area (Å²) in [5, 5.41) is 2.59. The molecule has 0 unspecified atom stereocenters. The maximum Gasteiger partial charge on any atom is 0.0490 e. The van der Waals surface area contributed by atoms with E-state index in [-0.39, 0.29) is 0 Å². The summed E-state index contributed by atoms with van der Waals surface area (Å²) in [6.07, 6.45) is 17.4. The first kappa shape index (κ1) is 19.3. The SMILES string of the molecule is c1c(-c2sc(-c3scc4c3C3CCC4CC3)c3c2C2CCC3CC2)sc2c1C1CCC2CC1. The Bertz CT molecular complexity index is 1230. The molecule has 0 saturated heterocycles. The zero-order valence-electron chi connectivity index (χ0n) is 19.3. The summed E-state index contributed by atoms with van der Waals surface area (Å²) in [7, 11) is 0. The Balaban J connectivity index is 1.26. The first-order chi connectivity index (χ1) is 16.3. The highest BCUT2D eigenvalue weighted by molar-refractivity contribution is 7.26. The lowest BCUT2D eigenvalue weighted by Crippen LogP contribution is -2.22. The molecule has 9 aliphatic rings. The lowest BCUT2D eigenvalue weighted by Gasteiger charge is -2.38. The summed E-state index contributed by atoms with van der Waals surface area (Å²) in [6.45, 7) is 0. The van der Waals surface area contributed by atoms with E-state index in [1.54, 1.807) is 35.5 Å². The predicted octanol–water partition coefficient (Wildman–Crippen LogP) is 10.5.